The third kappa shape index (κ3) is 12.5. The van der Waals surface area contributed by atoms with Crippen LogP contribution in [0.15, 0.2) is 58.5 Å². The van der Waals surface area contributed by atoms with Crippen molar-refractivity contribution < 1.29 is 24.0 Å². The predicted octanol–water partition coefficient (Wildman–Crippen LogP) is -1.15. The number of guanidine groups is 2. The van der Waals surface area contributed by atoms with Crippen molar-refractivity contribution in [2.24, 2.45) is 38.7 Å². The van der Waals surface area contributed by atoms with Crippen LogP contribution in [-0.4, -0.2) is 83.6 Å². The number of hydrogen-bond acceptors (Lipinski definition) is 7. The maximum atomic E-state index is 14.3. The maximum absolute atomic E-state index is 14.3. The zero-order chi connectivity index (χ0) is 36.8. The van der Waals surface area contributed by atoms with Crippen LogP contribution in [0.2, 0.25) is 0 Å². The molecule has 2 aromatic carbocycles. The fraction of sp³-hybridized carbons (Fsp3) is 0.424. The molecule has 16 nitrogen and oxygen atoms in total. The number of halogens is 1. The standard InChI is InChI=1S/C33H46IN11O5/c1-19(46)42-24(8-4-14-40-32(36)37)29(48)43-25(9-5-15-41-33(38)39)30(49)44-26(16-20-10-12-23(34)13-11-20)31(50)45-18-22-7-3-2-6-21(22)17-27(45)28(35)47/h2-3,6-7,10-13,24-27H,4-5,8-9,14-18H2,1H3,(H2,35,47)(H,42,46)(H,43,48)(H,44,49)(H4,36,37,40)(H4,38,39,41)/t24-,25-,26+,27+/m0/s1. The molecule has 50 heavy (non-hydrogen) atoms. The van der Waals surface area contributed by atoms with Gasteiger partial charge in [0.15, 0.2) is 11.9 Å². The summed E-state index contributed by atoms with van der Waals surface area (Å²) in [7, 11) is 0. The Balaban J connectivity index is 1.91. The van der Waals surface area contributed by atoms with Crippen molar-refractivity contribution in [2.45, 2.75) is 76.2 Å². The fourth-order valence-corrected chi connectivity index (χ4v) is 5.96. The molecular weight excluding hydrogens is 757 g/mol. The van der Waals surface area contributed by atoms with E-state index < -0.39 is 53.7 Å². The van der Waals surface area contributed by atoms with E-state index in [2.05, 4.69) is 48.5 Å². The summed E-state index contributed by atoms with van der Waals surface area (Å²) in [5.74, 6) is -3.12. The molecule has 0 bridgehead atoms. The molecule has 270 valence electrons. The van der Waals surface area contributed by atoms with Gasteiger partial charge in [-0.25, -0.2) is 0 Å². The number of hydrogen-bond donors (Lipinski definition) is 8. The van der Waals surface area contributed by atoms with Crippen molar-refractivity contribution in [1.82, 2.24) is 20.9 Å². The lowest BCUT2D eigenvalue weighted by molar-refractivity contribution is -0.144. The smallest absolute Gasteiger partial charge is 0.246 e. The number of nitrogens with zero attached hydrogens (tertiary/aromatic N) is 3. The summed E-state index contributed by atoms with van der Waals surface area (Å²) < 4.78 is 0.982. The summed E-state index contributed by atoms with van der Waals surface area (Å²) in [4.78, 5) is 75.7. The summed E-state index contributed by atoms with van der Waals surface area (Å²) in [6, 6.07) is 10.7. The second-order valence-corrected chi connectivity index (χ2v) is 13.2. The summed E-state index contributed by atoms with van der Waals surface area (Å²) >= 11 is 2.17. The lowest BCUT2D eigenvalue weighted by Gasteiger charge is -2.37. The van der Waals surface area contributed by atoms with Crippen molar-refractivity contribution >= 4 is 64.0 Å². The highest BCUT2D eigenvalue weighted by atomic mass is 127. The Morgan fingerprint density at radius 2 is 1.30 bits per heavy atom. The van der Waals surface area contributed by atoms with Crippen molar-refractivity contribution in [3.05, 3.63) is 68.8 Å². The molecule has 0 aliphatic carbocycles. The first-order valence-corrected chi connectivity index (χ1v) is 17.2. The molecule has 1 aliphatic heterocycles. The van der Waals surface area contributed by atoms with Gasteiger partial charge in [0.1, 0.15) is 24.2 Å². The quantitative estimate of drug-likeness (QED) is 0.0415. The Bertz CT molecular complexity index is 1580. The first-order valence-electron chi connectivity index (χ1n) is 16.1. The molecule has 0 radical (unpaired) electrons. The van der Waals surface area contributed by atoms with Crippen LogP contribution in [0, 0.1) is 3.57 Å². The molecule has 0 saturated carbocycles. The van der Waals surface area contributed by atoms with E-state index in [-0.39, 0.29) is 57.2 Å². The van der Waals surface area contributed by atoms with E-state index in [1.54, 1.807) is 0 Å². The zero-order valence-electron chi connectivity index (χ0n) is 27.9. The maximum Gasteiger partial charge on any atom is 0.246 e. The minimum Gasteiger partial charge on any atom is -0.370 e. The topological polar surface area (TPSA) is 280 Å². The van der Waals surface area contributed by atoms with Gasteiger partial charge in [-0.15, -0.1) is 0 Å². The van der Waals surface area contributed by atoms with Gasteiger partial charge in [0.05, 0.1) is 0 Å². The molecule has 2 aromatic rings. The van der Waals surface area contributed by atoms with Crippen LogP contribution in [0.3, 0.4) is 0 Å². The highest BCUT2D eigenvalue weighted by Gasteiger charge is 2.38. The predicted molar refractivity (Wildman–Crippen MR) is 198 cm³/mol. The zero-order valence-corrected chi connectivity index (χ0v) is 30.1. The van der Waals surface area contributed by atoms with Gasteiger partial charge in [-0.05, 0) is 77.1 Å². The minimum atomic E-state index is -1.15. The molecule has 1 aliphatic rings. The minimum absolute atomic E-state index is 0.0963. The van der Waals surface area contributed by atoms with Gasteiger partial charge in [-0.1, -0.05) is 36.4 Å². The number of amides is 5. The fourth-order valence-electron chi connectivity index (χ4n) is 5.60. The summed E-state index contributed by atoms with van der Waals surface area (Å²) in [6.45, 7) is 1.80. The van der Waals surface area contributed by atoms with E-state index in [0.717, 1.165) is 20.3 Å². The molecule has 0 spiro atoms. The molecule has 17 heteroatoms. The molecule has 5 amide bonds. The molecule has 4 atom stereocenters. The largest absolute Gasteiger partial charge is 0.370 e. The Kier molecular flexibility index (Phi) is 15.2. The van der Waals surface area contributed by atoms with E-state index in [4.69, 9.17) is 28.7 Å². The third-order valence-electron chi connectivity index (χ3n) is 8.05. The first kappa shape index (κ1) is 39.5. The van der Waals surface area contributed by atoms with Crippen LogP contribution in [0.25, 0.3) is 0 Å². The number of primary amides is 1. The van der Waals surface area contributed by atoms with Crippen molar-refractivity contribution in [3.63, 3.8) is 0 Å². The van der Waals surface area contributed by atoms with Gasteiger partial charge >= 0.3 is 0 Å². The lowest BCUT2D eigenvalue weighted by atomic mass is 9.92. The molecule has 3 rings (SSSR count). The first-order chi connectivity index (χ1) is 23.7. The Morgan fingerprint density at radius 3 is 1.82 bits per heavy atom. The van der Waals surface area contributed by atoms with Gasteiger partial charge < -0.3 is 49.5 Å². The molecule has 0 unspecified atom stereocenters. The van der Waals surface area contributed by atoms with Crippen LogP contribution in [0.4, 0.5) is 0 Å². The number of benzene rings is 2. The highest BCUT2D eigenvalue weighted by Crippen LogP contribution is 2.25. The van der Waals surface area contributed by atoms with Gasteiger partial charge in [0.2, 0.25) is 29.5 Å². The molecule has 0 aromatic heterocycles. The number of aliphatic imine (C=N–C) groups is 2. The monoisotopic (exact) mass is 803 g/mol. The van der Waals surface area contributed by atoms with Crippen molar-refractivity contribution in [2.75, 3.05) is 13.1 Å². The summed E-state index contributed by atoms with van der Waals surface area (Å²) in [5.41, 5.74) is 30.0. The number of rotatable bonds is 17. The highest BCUT2D eigenvalue weighted by molar-refractivity contribution is 14.1. The Morgan fingerprint density at radius 1 is 0.780 bits per heavy atom. The van der Waals surface area contributed by atoms with Crippen LogP contribution < -0.4 is 44.6 Å². The van der Waals surface area contributed by atoms with E-state index in [0.29, 0.717) is 12.8 Å². The van der Waals surface area contributed by atoms with Gasteiger partial charge in [0, 0.05) is 43.0 Å². The van der Waals surface area contributed by atoms with Gasteiger partial charge in [-0.2, -0.15) is 0 Å². The average Bonchev–Trinajstić information content (AvgIpc) is 3.06. The van der Waals surface area contributed by atoms with Gasteiger partial charge in [0.25, 0.3) is 0 Å². The average molecular weight is 804 g/mol. The summed E-state index contributed by atoms with van der Waals surface area (Å²) in [6.07, 6.45) is 1.28. The van der Waals surface area contributed by atoms with Gasteiger partial charge in [-0.3, -0.25) is 34.0 Å². The molecule has 13 N–H and O–H groups in total. The number of nitrogens with one attached hydrogen (secondary N) is 3. The Hall–Kier alpha value is -4.94. The lowest BCUT2D eigenvalue weighted by Crippen LogP contribution is -2.60. The van der Waals surface area contributed by atoms with Crippen LogP contribution in [0.5, 0.6) is 0 Å². The normalized spacial score (nSPS) is 15.3. The van der Waals surface area contributed by atoms with Crippen LogP contribution in [0.1, 0.15) is 49.3 Å². The van der Waals surface area contributed by atoms with E-state index in [1.165, 1.54) is 11.8 Å². The number of fused-ring (bicyclic) bond motifs is 1. The number of carbonyl (C=O) groups excluding carboxylic acids is 5. The van der Waals surface area contributed by atoms with Crippen LogP contribution >= 0.6 is 22.6 Å². The number of nitrogens with two attached hydrogens (primary N) is 5. The third-order valence-corrected chi connectivity index (χ3v) is 8.76. The molecule has 0 fully saturated rings. The number of carbonyl (C=O) groups is 5. The molecule has 0 saturated heterocycles. The van der Waals surface area contributed by atoms with E-state index >= 15 is 0 Å². The Labute approximate surface area is 304 Å². The SMILES string of the molecule is CC(=O)N[C@@H](CCCN=C(N)N)C(=O)N[C@@H](CCCN=C(N)N)C(=O)N[C@H](Cc1ccc(I)cc1)C(=O)N1Cc2ccccc2C[C@@H]1C(N)=O. The second kappa shape index (κ2) is 19.3. The van der Waals surface area contributed by atoms with E-state index in [9.17, 15) is 24.0 Å². The molecule has 1 heterocycles. The molecular formula is C33H46IN11O5. The van der Waals surface area contributed by atoms with Crippen LogP contribution in [-0.2, 0) is 43.4 Å². The van der Waals surface area contributed by atoms with Crippen molar-refractivity contribution in [3.8, 4) is 0 Å². The second-order valence-electron chi connectivity index (χ2n) is 12.0. The summed E-state index contributed by atoms with van der Waals surface area (Å²) in [5, 5.41) is 8.18. The van der Waals surface area contributed by atoms with Crippen molar-refractivity contribution in [1.29, 1.82) is 0 Å². The van der Waals surface area contributed by atoms with E-state index in [1.807, 2.05) is 48.5 Å².